The molecule has 2 aromatic carbocycles. The van der Waals surface area contributed by atoms with Gasteiger partial charge < -0.3 is 14.7 Å². The minimum atomic E-state index is -0.0219. The van der Waals surface area contributed by atoms with Crippen LogP contribution in [0.5, 0.6) is 0 Å². The van der Waals surface area contributed by atoms with Crippen molar-refractivity contribution in [1.29, 1.82) is 0 Å². The molecular weight excluding hydrogens is 386 g/mol. The van der Waals surface area contributed by atoms with Gasteiger partial charge in [-0.3, -0.25) is 9.59 Å². The predicted octanol–water partition coefficient (Wildman–Crippen LogP) is 3.71. The maximum atomic E-state index is 12.5. The number of amides is 1. The van der Waals surface area contributed by atoms with Gasteiger partial charge in [0.1, 0.15) is 0 Å². The SMILES string of the molecule is CN(C)Cc1cccc(N2CCN(C(=O)CCC(=O)c3ccc(Cl)cc3)CC2)c1. The van der Waals surface area contributed by atoms with Gasteiger partial charge in [-0.15, -0.1) is 0 Å². The van der Waals surface area contributed by atoms with E-state index < -0.39 is 0 Å². The summed E-state index contributed by atoms with van der Waals surface area (Å²) < 4.78 is 0. The van der Waals surface area contributed by atoms with Gasteiger partial charge in [-0.1, -0.05) is 23.7 Å². The van der Waals surface area contributed by atoms with E-state index in [2.05, 4.69) is 48.2 Å². The van der Waals surface area contributed by atoms with Crippen molar-refractivity contribution in [2.75, 3.05) is 45.2 Å². The molecule has 1 amide bonds. The van der Waals surface area contributed by atoms with Crippen molar-refractivity contribution in [2.24, 2.45) is 0 Å². The summed E-state index contributed by atoms with van der Waals surface area (Å²) in [5, 5.41) is 0.600. The molecular formula is C23H28ClN3O2. The highest BCUT2D eigenvalue weighted by molar-refractivity contribution is 6.30. The summed E-state index contributed by atoms with van der Waals surface area (Å²) in [6.07, 6.45) is 0.479. The molecule has 0 bridgehead atoms. The topological polar surface area (TPSA) is 43.9 Å². The summed E-state index contributed by atoms with van der Waals surface area (Å²) in [4.78, 5) is 31.1. The molecule has 0 N–H and O–H groups in total. The molecule has 1 aliphatic heterocycles. The van der Waals surface area contributed by atoms with E-state index in [-0.39, 0.29) is 24.5 Å². The Labute approximate surface area is 177 Å². The Morgan fingerprint density at radius 1 is 0.966 bits per heavy atom. The first-order valence-electron chi connectivity index (χ1n) is 9.97. The van der Waals surface area contributed by atoms with Gasteiger partial charge in [-0.2, -0.15) is 0 Å². The van der Waals surface area contributed by atoms with Crippen molar-refractivity contribution in [3.63, 3.8) is 0 Å². The van der Waals surface area contributed by atoms with Crippen LogP contribution in [0.25, 0.3) is 0 Å². The van der Waals surface area contributed by atoms with Crippen LogP contribution in [0.2, 0.25) is 5.02 Å². The summed E-state index contributed by atoms with van der Waals surface area (Å²) in [5.74, 6) is 0.0275. The van der Waals surface area contributed by atoms with Gasteiger partial charge in [0.2, 0.25) is 5.91 Å². The molecule has 0 aromatic heterocycles. The zero-order valence-corrected chi connectivity index (χ0v) is 17.9. The highest BCUT2D eigenvalue weighted by Gasteiger charge is 2.22. The molecule has 0 radical (unpaired) electrons. The number of benzene rings is 2. The minimum absolute atomic E-state index is 0.0219. The Hall–Kier alpha value is -2.37. The molecule has 6 heteroatoms. The summed E-state index contributed by atoms with van der Waals surface area (Å²) in [6, 6.07) is 15.4. The first-order chi connectivity index (χ1) is 13.9. The van der Waals surface area contributed by atoms with Crippen LogP contribution in [0.3, 0.4) is 0 Å². The van der Waals surface area contributed by atoms with Crippen molar-refractivity contribution >= 4 is 29.0 Å². The normalized spacial score (nSPS) is 14.3. The van der Waals surface area contributed by atoms with Gasteiger partial charge in [0.15, 0.2) is 5.78 Å². The molecule has 154 valence electrons. The van der Waals surface area contributed by atoms with Gasteiger partial charge in [-0.25, -0.2) is 0 Å². The van der Waals surface area contributed by atoms with E-state index in [1.54, 1.807) is 24.3 Å². The zero-order chi connectivity index (χ0) is 20.8. The molecule has 1 fully saturated rings. The number of ketones is 1. The maximum Gasteiger partial charge on any atom is 0.223 e. The van der Waals surface area contributed by atoms with E-state index in [0.717, 1.165) is 19.6 Å². The molecule has 3 rings (SSSR count). The van der Waals surface area contributed by atoms with Crippen LogP contribution in [0.1, 0.15) is 28.8 Å². The van der Waals surface area contributed by atoms with Crippen LogP contribution in [0.4, 0.5) is 5.69 Å². The lowest BCUT2D eigenvalue weighted by Gasteiger charge is -2.36. The van der Waals surface area contributed by atoms with Crippen molar-refractivity contribution in [3.05, 3.63) is 64.7 Å². The fourth-order valence-corrected chi connectivity index (χ4v) is 3.72. The molecule has 0 spiro atoms. The second-order valence-electron chi connectivity index (χ2n) is 7.71. The number of carbonyl (C=O) groups excluding carboxylic acids is 2. The van der Waals surface area contributed by atoms with Crippen LogP contribution >= 0.6 is 11.6 Å². The Morgan fingerprint density at radius 2 is 1.66 bits per heavy atom. The van der Waals surface area contributed by atoms with Crippen LogP contribution < -0.4 is 4.90 Å². The zero-order valence-electron chi connectivity index (χ0n) is 17.1. The molecule has 1 aliphatic rings. The van der Waals surface area contributed by atoms with Crippen molar-refractivity contribution in [3.8, 4) is 0 Å². The highest BCUT2D eigenvalue weighted by Crippen LogP contribution is 2.19. The number of halogens is 1. The number of nitrogens with zero attached hydrogens (tertiary/aromatic N) is 3. The fraction of sp³-hybridized carbons (Fsp3) is 0.391. The number of rotatable bonds is 7. The van der Waals surface area contributed by atoms with Crippen molar-refractivity contribution in [2.45, 2.75) is 19.4 Å². The number of anilines is 1. The average molecular weight is 414 g/mol. The Morgan fingerprint density at radius 3 is 2.31 bits per heavy atom. The molecule has 29 heavy (non-hydrogen) atoms. The Kier molecular flexibility index (Phi) is 7.29. The third-order valence-electron chi connectivity index (χ3n) is 5.14. The first-order valence-corrected chi connectivity index (χ1v) is 10.4. The second kappa shape index (κ2) is 9.90. The summed E-state index contributed by atoms with van der Waals surface area (Å²) in [7, 11) is 4.13. The van der Waals surface area contributed by atoms with Gasteiger partial charge >= 0.3 is 0 Å². The van der Waals surface area contributed by atoms with Gasteiger partial charge in [0, 0.05) is 61.8 Å². The number of hydrogen-bond donors (Lipinski definition) is 0. The van der Waals surface area contributed by atoms with E-state index in [4.69, 9.17) is 11.6 Å². The molecule has 0 atom stereocenters. The highest BCUT2D eigenvalue weighted by atomic mass is 35.5. The van der Waals surface area contributed by atoms with Gasteiger partial charge in [0.05, 0.1) is 0 Å². The minimum Gasteiger partial charge on any atom is -0.368 e. The number of piperazine rings is 1. The Balaban J connectivity index is 1.48. The molecule has 1 saturated heterocycles. The third-order valence-corrected chi connectivity index (χ3v) is 5.39. The van der Waals surface area contributed by atoms with Crippen molar-refractivity contribution < 1.29 is 9.59 Å². The van der Waals surface area contributed by atoms with Crippen LogP contribution in [0, 0.1) is 0 Å². The standard InChI is InChI=1S/C23H28ClN3O2/c1-25(2)17-18-4-3-5-21(16-18)26-12-14-27(15-13-26)23(29)11-10-22(28)19-6-8-20(24)9-7-19/h3-9,16H,10-15,17H2,1-2H3. The number of carbonyl (C=O) groups is 2. The quantitative estimate of drug-likeness (QED) is 0.649. The first kappa shape index (κ1) is 21.3. The molecule has 5 nitrogen and oxygen atoms in total. The molecule has 0 unspecified atom stereocenters. The van der Waals surface area contributed by atoms with Crippen LogP contribution in [-0.4, -0.2) is 61.8 Å². The van der Waals surface area contributed by atoms with E-state index in [1.807, 2.05) is 4.90 Å². The lowest BCUT2D eigenvalue weighted by Crippen LogP contribution is -2.48. The average Bonchev–Trinajstić information content (AvgIpc) is 2.72. The summed E-state index contributed by atoms with van der Waals surface area (Å²) in [5.41, 5.74) is 3.09. The molecule has 0 aliphatic carbocycles. The monoisotopic (exact) mass is 413 g/mol. The van der Waals surface area contributed by atoms with Crippen LogP contribution in [0.15, 0.2) is 48.5 Å². The third kappa shape index (κ3) is 6.05. The summed E-state index contributed by atoms with van der Waals surface area (Å²) >= 11 is 5.85. The van der Waals surface area contributed by atoms with Crippen LogP contribution in [-0.2, 0) is 11.3 Å². The fourth-order valence-electron chi connectivity index (χ4n) is 3.59. The molecule has 2 aromatic rings. The molecule has 0 saturated carbocycles. The van der Waals surface area contributed by atoms with E-state index in [9.17, 15) is 9.59 Å². The second-order valence-corrected chi connectivity index (χ2v) is 8.14. The van der Waals surface area contributed by atoms with Gasteiger partial charge in [-0.05, 0) is 56.1 Å². The van der Waals surface area contributed by atoms with Gasteiger partial charge in [0.25, 0.3) is 0 Å². The summed E-state index contributed by atoms with van der Waals surface area (Å²) in [6.45, 7) is 3.90. The predicted molar refractivity (Wildman–Crippen MR) is 118 cm³/mol. The van der Waals surface area contributed by atoms with E-state index in [0.29, 0.717) is 23.7 Å². The molecule has 1 heterocycles. The maximum absolute atomic E-state index is 12.5. The number of hydrogen-bond acceptors (Lipinski definition) is 4. The Bertz CT molecular complexity index is 843. The number of Topliss-reactive ketones (excluding diaryl/α,β-unsaturated/α-hetero) is 1. The lowest BCUT2D eigenvalue weighted by atomic mass is 10.1. The lowest BCUT2D eigenvalue weighted by molar-refractivity contribution is -0.131. The largest absolute Gasteiger partial charge is 0.368 e. The van der Waals surface area contributed by atoms with E-state index in [1.165, 1.54) is 11.3 Å². The smallest absolute Gasteiger partial charge is 0.223 e. The van der Waals surface area contributed by atoms with Crippen molar-refractivity contribution in [1.82, 2.24) is 9.80 Å². The van der Waals surface area contributed by atoms with E-state index >= 15 is 0 Å².